The molecular formula is C24H27N3O2. The van der Waals surface area contributed by atoms with Crippen LogP contribution >= 0.6 is 0 Å². The van der Waals surface area contributed by atoms with Crippen LogP contribution in [0, 0.1) is 0 Å². The molecule has 0 radical (unpaired) electrons. The Morgan fingerprint density at radius 2 is 1.97 bits per heavy atom. The van der Waals surface area contributed by atoms with Crippen molar-refractivity contribution in [1.82, 2.24) is 15.3 Å². The smallest absolute Gasteiger partial charge is 0.270 e. The molecule has 2 aromatic heterocycles. The average molecular weight is 389 g/mol. The lowest BCUT2D eigenvalue weighted by atomic mass is 10.2. The highest BCUT2D eigenvalue weighted by Crippen LogP contribution is 2.14. The quantitative estimate of drug-likeness (QED) is 0.388. The Bertz CT molecular complexity index is 969. The molecule has 0 saturated heterocycles. The number of nitrogens with zero attached hydrogens (tertiary/aromatic N) is 2. The predicted octanol–water partition coefficient (Wildman–Crippen LogP) is 5.08. The number of pyridine rings is 2. The van der Waals surface area contributed by atoms with Crippen LogP contribution in [0.3, 0.4) is 0 Å². The lowest BCUT2D eigenvalue weighted by Gasteiger charge is -2.09. The predicted molar refractivity (Wildman–Crippen MR) is 116 cm³/mol. The minimum Gasteiger partial charge on any atom is -0.493 e. The first kappa shape index (κ1) is 20.5. The van der Waals surface area contributed by atoms with E-state index in [0.29, 0.717) is 24.4 Å². The van der Waals surface area contributed by atoms with Crippen LogP contribution in [0.25, 0.3) is 11.0 Å². The molecule has 0 aliphatic rings. The molecule has 3 rings (SSSR count). The number of unbranched alkanes of at least 4 members (excludes halogenated alkanes) is 2. The van der Waals surface area contributed by atoms with Crippen LogP contribution in [-0.2, 0) is 6.54 Å². The SMILES string of the molecule is CCCCC=CCCOc1cccc(CNC(=O)c2ccc3ncccc3n2)c1. The number of carbonyl (C=O) groups excluding carboxylic acids is 1. The summed E-state index contributed by atoms with van der Waals surface area (Å²) in [4.78, 5) is 21.0. The summed E-state index contributed by atoms with van der Waals surface area (Å²) >= 11 is 0. The summed E-state index contributed by atoms with van der Waals surface area (Å²) in [6.07, 6.45) is 10.6. The molecule has 0 spiro atoms. The van der Waals surface area contributed by atoms with Gasteiger partial charge in [-0.3, -0.25) is 9.78 Å². The highest BCUT2D eigenvalue weighted by atomic mass is 16.5. The van der Waals surface area contributed by atoms with E-state index in [2.05, 4.69) is 34.4 Å². The van der Waals surface area contributed by atoms with Crippen LogP contribution in [0.4, 0.5) is 0 Å². The Kier molecular flexibility index (Phi) is 7.75. The maximum Gasteiger partial charge on any atom is 0.270 e. The molecule has 29 heavy (non-hydrogen) atoms. The van der Waals surface area contributed by atoms with Gasteiger partial charge in [0, 0.05) is 12.7 Å². The number of ether oxygens (including phenoxy) is 1. The summed E-state index contributed by atoms with van der Waals surface area (Å²) in [5.74, 6) is 0.605. The van der Waals surface area contributed by atoms with E-state index in [9.17, 15) is 4.79 Å². The number of fused-ring (bicyclic) bond motifs is 1. The average Bonchev–Trinajstić information content (AvgIpc) is 2.77. The molecule has 1 N–H and O–H groups in total. The summed E-state index contributed by atoms with van der Waals surface area (Å²) in [6.45, 7) is 3.26. The Balaban J connectivity index is 1.49. The van der Waals surface area contributed by atoms with Gasteiger partial charge in [0.15, 0.2) is 0 Å². The van der Waals surface area contributed by atoms with Gasteiger partial charge in [-0.2, -0.15) is 0 Å². The van der Waals surface area contributed by atoms with Crippen molar-refractivity contribution in [1.29, 1.82) is 0 Å². The third-order valence-corrected chi connectivity index (χ3v) is 4.48. The first-order valence-electron chi connectivity index (χ1n) is 10.1. The van der Waals surface area contributed by atoms with Crippen molar-refractivity contribution in [2.45, 2.75) is 39.2 Å². The molecule has 5 heteroatoms. The van der Waals surface area contributed by atoms with E-state index in [1.54, 1.807) is 12.3 Å². The van der Waals surface area contributed by atoms with E-state index in [4.69, 9.17) is 4.74 Å². The number of nitrogens with one attached hydrogen (secondary N) is 1. The van der Waals surface area contributed by atoms with E-state index in [0.717, 1.165) is 29.7 Å². The molecule has 2 heterocycles. The maximum atomic E-state index is 12.4. The van der Waals surface area contributed by atoms with Gasteiger partial charge in [0.2, 0.25) is 0 Å². The molecule has 150 valence electrons. The monoisotopic (exact) mass is 389 g/mol. The summed E-state index contributed by atoms with van der Waals surface area (Å²) in [5.41, 5.74) is 2.85. The van der Waals surface area contributed by atoms with E-state index >= 15 is 0 Å². The van der Waals surface area contributed by atoms with Crippen molar-refractivity contribution in [3.8, 4) is 5.75 Å². The number of aromatic nitrogens is 2. The summed E-state index contributed by atoms with van der Waals surface area (Å²) in [6, 6.07) is 15.0. The number of hydrogen-bond donors (Lipinski definition) is 1. The van der Waals surface area contributed by atoms with Crippen molar-refractivity contribution in [2.75, 3.05) is 6.61 Å². The Labute approximate surface area is 171 Å². The van der Waals surface area contributed by atoms with Gasteiger partial charge < -0.3 is 10.1 Å². The molecule has 0 bridgehead atoms. The number of benzene rings is 1. The lowest BCUT2D eigenvalue weighted by Crippen LogP contribution is -2.23. The van der Waals surface area contributed by atoms with Crippen LogP contribution in [0.15, 0.2) is 66.9 Å². The molecule has 0 aliphatic heterocycles. The maximum absolute atomic E-state index is 12.4. The third-order valence-electron chi connectivity index (χ3n) is 4.48. The normalized spacial score (nSPS) is 11.1. The van der Waals surface area contributed by atoms with Gasteiger partial charge in [-0.1, -0.05) is 44.1 Å². The third kappa shape index (κ3) is 6.42. The number of rotatable bonds is 10. The van der Waals surface area contributed by atoms with Crippen molar-refractivity contribution in [3.63, 3.8) is 0 Å². The van der Waals surface area contributed by atoms with Gasteiger partial charge in [0.25, 0.3) is 5.91 Å². The molecule has 0 aliphatic carbocycles. The van der Waals surface area contributed by atoms with E-state index in [1.807, 2.05) is 42.5 Å². The fraction of sp³-hybridized carbons (Fsp3) is 0.292. The van der Waals surface area contributed by atoms with Crippen LogP contribution < -0.4 is 10.1 Å². The van der Waals surface area contributed by atoms with E-state index in [-0.39, 0.29) is 5.91 Å². The zero-order chi connectivity index (χ0) is 20.3. The first-order chi connectivity index (χ1) is 14.3. The number of amides is 1. The van der Waals surface area contributed by atoms with Gasteiger partial charge in [-0.15, -0.1) is 0 Å². The first-order valence-corrected chi connectivity index (χ1v) is 10.1. The van der Waals surface area contributed by atoms with Crippen LogP contribution in [0.1, 0.15) is 48.7 Å². The van der Waals surface area contributed by atoms with Crippen molar-refractivity contribution in [3.05, 3.63) is 78.1 Å². The molecular weight excluding hydrogens is 362 g/mol. The van der Waals surface area contributed by atoms with E-state index in [1.165, 1.54) is 12.8 Å². The topological polar surface area (TPSA) is 64.1 Å². The fourth-order valence-corrected chi connectivity index (χ4v) is 2.90. The number of allylic oxidation sites excluding steroid dienone is 1. The molecule has 1 aromatic carbocycles. The second-order valence-corrected chi connectivity index (χ2v) is 6.82. The zero-order valence-corrected chi connectivity index (χ0v) is 16.8. The van der Waals surface area contributed by atoms with Crippen LogP contribution in [0.5, 0.6) is 5.75 Å². The summed E-state index contributed by atoms with van der Waals surface area (Å²) < 4.78 is 5.81. The van der Waals surface area contributed by atoms with Gasteiger partial charge in [0.1, 0.15) is 11.4 Å². The van der Waals surface area contributed by atoms with Gasteiger partial charge >= 0.3 is 0 Å². The van der Waals surface area contributed by atoms with Crippen molar-refractivity contribution >= 4 is 16.9 Å². The molecule has 1 amide bonds. The Hall–Kier alpha value is -3.21. The minimum atomic E-state index is -0.209. The second kappa shape index (κ2) is 11.0. The van der Waals surface area contributed by atoms with Gasteiger partial charge in [0.05, 0.1) is 17.6 Å². The van der Waals surface area contributed by atoms with Crippen molar-refractivity contribution < 1.29 is 9.53 Å². The second-order valence-electron chi connectivity index (χ2n) is 6.82. The van der Waals surface area contributed by atoms with Crippen LogP contribution in [-0.4, -0.2) is 22.5 Å². The fourth-order valence-electron chi connectivity index (χ4n) is 2.90. The summed E-state index contributed by atoms with van der Waals surface area (Å²) in [5, 5.41) is 2.91. The standard InChI is InChI=1S/C24H27N3O2/c1-2-3-4-5-6-7-16-29-20-11-8-10-19(17-20)18-26-24(28)23-14-13-21-22(27-23)12-9-15-25-21/h5-6,8-15,17H,2-4,7,16,18H2,1H3,(H,26,28). The van der Waals surface area contributed by atoms with Gasteiger partial charge in [-0.05, 0) is 54.8 Å². The van der Waals surface area contributed by atoms with Gasteiger partial charge in [-0.25, -0.2) is 4.98 Å². The highest BCUT2D eigenvalue weighted by Gasteiger charge is 2.08. The minimum absolute atomic E-state index is 0.209. The highest BCUT2D eigenvalue weighted by molar-refractivity contribution is 5.94. The lowest BCUT2D eigenvalue weighted by molar-refractivity contribution is 0.0946. The van der Waals surface area contributed by atoms with Crippen LogP contribution in [0.2, 0.25) is 0 Å². The molecule has 0 unspecified atom stereocenters. The van der Waals surface area contributed by atoms with E-state index < -0.39 is 0 Å². The molecule has 3 aromatic rings. The molecule has 0 fully saturated rings. The molecule has 0 atom stereocenters. The number of carbonyl (C=O) groups is 1. The van der Waals surface area contributed by atoms with Crippen molar-refractivity contribution in [2.24, 2.45) is 0 Å². The molecule has 5 nitrogen and oxygen atoms in total. The Morgan fingerprint density at radius 3 is 2.86 bits per heavy atom. The number of hydrogen-bond acceptors (Lipinski definition) is 4. The molecule has 0 saturated carbocycles. The Morgan fingerprint density at radius 1 is 1.07 bits per heavy atom. The zero-order valence-electron chi connectivity index (χ0n) is 16.8. The largest absolute Gasteiger partial charge is 0.493 e. The summed E-state index contributed by atoms with van der Waals surface area (Å²) in [7, 11) is 0.